The minimum atomic E-state index is -0.394. The summed E-state index contributed by atoms with van der Waals surface area (Å²) in [7, 11) is 3.07. The predicted octanol–water partition coefficient (Wildman–Crippen LogP) is 2.83. The molecular weight excluding hydrogens is 370 g/mol. The predicted molar refractivity (Wildman–Crippen MR) is 102 cm³/mol. The number of hydrogen-bond donors (Lipinski definition) is 2. The molecular formula is C18H23N3O5S. The lowest BCUT2D eigenvalue weighted by molar-refractivity contribution is -0.127. The molecule has 4 amide bonds. The molecule has 1 saturated heterocycles. The van der Waals surface area contributed by atoms with Crippen LogP contribution in [0, 0.1) is 0 Å². The number of urea groups is 1. The summed E-state index contributed by atoms with van der Waals surface area (Å²) in [6.07, 6.45) is 3.30. The normalized spacial score (nSPS) is 22.5. The maximum Gasteiger partial charge on any atom is 0.319 e. The van der Waals surface area contributed by atoms with E-state index < -0.39 is 6.03 Å². The van der Waals surface area contributed by atoms with E-state index in [2.05, 4.69) is 10.6 Å². The number of carbonyl (C=O) groups excluding carboxylic acids is 3. The van der Waals surface area contributed by atoms with Crippen molar-refractivity contribution >= 4 is 34.6 Å². The number of carbonyl (C=O) groups is 3. The third-order valence-electron chi connectivity index (χ3n) is 4.77. The largest absolute Gasteiger partial charge is 0.497 e. The highest BCUT2D eigenvalue weighted by atomic mass is 32.2. The number of nitrogens with one attached hydrogen (secondary N) is 2. The molecule has 1 saturated carbocycles. The lowest BCUT2D eigenvalue weighted by Crippen LogP contribution is -2.55. The fraction of sp³-hybridized carbons (Fsp3) is 0.500. The van der Waals surface area contributed by atoms with Crippen LogP contribution in [0.4, 0.5) is 15.3 Å². The molecule has 1 aliphatic heterocycles. The molecule has 1 heterocycles. The summed E-state index contributed by atoms with van der Waals surface area (Å²) < 4.78 is 10.4. The summed E-state index contributed by atoms with van der Waals surface area (Å²) in [5, 5.41) is 5.47. The van der Waals surface area contributed by atoms with Crippen molar-refractivity contribution < 1.29 is 23.9 Å². The molecule has 27 heavy (non-hydrogen) atoms. The molecule has 0 aromatic heterocycles. The number of benzene rings is 1. The maximum absolute atomic E-state index is 12.5. The molecule has 3 rings (SSSR count). The zero-order valence-electron chi connectivity index (χ0n) is 15.3. The third-order valence-corrected chi connectivity index (χ3v) is 5.61. The first-order valence-electron chi connectivity index (χ1n) is 8.81. The van der Waals surface area contributed by atoms with E-state index in [1.54, 1.807) is 18.2 Å². The van der Waals surface area contributed by atoms with Gasteiger partial charge in [0.1, 0.15) is 11.5 Å². The fourth-order valence-electron chi connectivity index (χ4n) is 3.49. The Labute approximate surface area is 161 Å². The lowest BCUT2D eigenvalue weighted by Gasteiger charge is -2.36. The Morgan fingerprint density at radius 3 is 2.37 bits per heavy atom. The summed E-state index contributed by atoms with van der Waals surface area (Å²) in [6, 6.07) is 4.13. The lowest BCUT2D eigenvalue weighted by atomic mass is 9.89. The van der Waals surface area contributed by atoms with Crippen molar-refractivity contribution in [3.63, 3.8) is 0 Å². The Hall–Kier alpha value is -2.42. The molecule has 2 fully saturated rings. The van der Waals surface area contributed by atoms with Crippen molar-refractivity contribution in [1.29, 1.82) is 0 Å². The zero-order valence-corrected chi connectivity index (χ0v) is 16.1. The Bertz CT molecular complexity index is 703. The topological polar surface area (TPSA) is 97.0 Å². The molecule has 0 bridgehead atoms. The second kappa shape index (κ2) is 8.51. The van der Waals surface area contributed by atoms with Crippen LogP contribution in [0.25, 0.3) is 0 Å². The third kappa shape index (κ3) is 4.47. The minimum absolute atomic E-state index is 0.178. The number of methoxy groups -OCH3 is 2. The number of nitrogens with zero attached hydrogens (tertiary/aromatic N) is 1. The average Bonchev–Trinajstić information content (AvgIpc) is 3.00. The van der Waals surface area contributed by atoms with Crippen molar-refractivity contribution in [2.75, 3.05) is 25.3 Å². The Morgan fingerprint density at radius 2 is 1.78 bits per heavy atom. The van der Waals surface area contributed by atoms with Crippen LogP contribution in [0.1, 0.15) is 25.7 Å². The van der Waals surface area contributed by atoms with Crippen LogP contribution in [0.2, 0.25) is 0 Å². The zero-order chi connectivity index (χ0) is 19.4. The van der Waals surface area contributed by atoms with Gasteiger partial charge in [-0.05, 0) is 12.8 Å². The van der Waals surface area contributed by atoms with Crippen molar-refractivity contribution in [3.8, 4) is 11.5 Å². The van der Waals surface area contributed by atoms with E-state index in [1.807, 2.05) is 0 Å². The van der Waals surface area contributed by atoms with Gasteiger partial charge in [0.05, 0.1) is 32.1 Å². The molecule has 9 heteroatoms. The van der Waals surface area contributed by atoms with Crippen molar-refractivity contribution in [1.82, 2.24) is 10.2 Å². The fourth-order valence-corrected chi connectivity index (χ4v) is 4.25. The van der Waals surface area contributed by atoms with E-state index in [0.29, 0.717) is 23.6 Å². The molecule has 1 aromatic carbocycles. The summed E-state index contributed by atoms with van der Waals surface area (Å²) >= 11 is 1.02. The Balaban J connectivity index is 1.68. The molecule has 2 atom stereocenters. The van der Waals surface area contributed by atoms with Gasteiger partial charge in [0.25, 0.3) is 5.24 Å². The highest BCUT2D eigenvalue weighted by molar-refractivity contribution is 8.14. The first kappa shape index (κ1) is 19.3. The standard InChI is InChI=1S/C18H23N3O5S/c1-25-12-7-11(8-13(9-12)26-2)19-17(23)20-14-5-3-4-6-15(14)21-16(22)10-27-18(21)24/h7-9,14-15H,3-6,10H2,1-2H3,(H2,19,20,23). The number of rotatable bonds is 5. The number of amides is 4. The number of anilines is 1. The van der Waals surface area contributed by atoms with E-state index in [0.717, 1.165) is 31.0 Å². The highest BCUT2D eigenvalue weighted by Gasteiger charge is 2.41. The summed E-state index contributed by atoms with van der Waals surface area (Å²) in [5.74, 6) is 1.12. The van der Waals surface area contributed by atoms with Gasteiger partial charge < -0.3 is 20.1 Å². The number of ether oxygens (including phenoxy) is 2. The number of imide groups is 1. The first-order valence-corrected chi connectivity index (χ1v) is 9.80. The summed E-state index contributed by atoms with van der Waals surface area (Å²) in [6.45, 7) is 0. The van der Waals surface area contributed by atoms with E-state index in [-0.39, 0.29) is 29.0 Å². The summed E-state index contributed by atoms with van der Waals surface area (Å²) in [5.41, 5.74) is 0.528. The van der Waals surface area contributed by atoms with Crippen LogP contribution in [0.3, 0.4) is 0 Å². The highest BCUT2D eigenvalue weighted by Crippen LogP contribution is 2.30. The van der Waals surface area contributed by atoms with Crippen LogP contribution >= 0.6 is 11.8 Å². The van der Waals surface area contributed by atoms with Crippen LogP contribution in [0.5, 0.6) is 11.5 Å². The van der Waals surface area contributed by atoms with Crippen LogP contribution in [-0.4, -0.2) is 54.1 Å². The Morgan fingerprint density at radius 1 is 1.11 bits per heavy atom. The first-order chi connectivity index (χ1) is 13.0. The van der Waals surface area contributed by atoms with Gasteiger partial charge in [-0.2, -0.15) is 0 Å². The van der Waals surface area contributed by atoms with Gasteiger partial charge in [-0.3, -0.25) is 14.5 Å². The van der Waals surface area contributed by atoms with Crippen LogP contribution in [-0.2, 0) is 4.79 Å². The Kier molecular flexibility index (Phi) is 6.10. The SMILES string of the molecule is COc1cc(NC(=O)NC2CCCCC2N2C(=O)CSC2=O)cc(OC)c1. The molecule has 1 aliphatic carbocycles. The quantitative estimate of drug-likeness (QED) is 0.798. The van der Waals surface area contributed by atoms with E-state index in [9.17, 15) is 14.4 Å². The smallest absolute Gasteiger partial charge is 0.319 e. The molecule has 2 N–H and O–H groups in total. The second-order valence-corrected chi connectivity index (χ2v) is 7.40. The van der Waals surface area contributed by atoms with Crippen LogP contribution in [0.15, 0.2) is 18.2 Å². The van der Waals surface area contributed by atoms with Crippen molar-refractivity contribution in [2.24, 2.45) is 0 Å². The molecule has 2 aliphatic rings. The number of thioether (sulfide) groups is 1. The van der Waals surface area contributed by atoms with E-state index in [4.69, 9.17) is 9.47 Å². The molecule has 146 valence electrons. The van der Waals surface area contributed by atoms with Crippen LogP contribution < -0.4 is 20.1 Å². The van der Waals surface area contributed by atoms with Gasteiger partial charge in [0.2, 0.25) is 5.91 Å². The van der Waals surface area contributed by atoms with E-state index in [1.165, 1.54) is 19.1 Å². The average molecular weight is 393 g/mol. The molecule has 2 unspecified atom stereocenters. The molecule has 0 spiro atoms. The molecule has 0 radical (unpaired) electrons. The molecule has 8 nitrogen and oxygen atoms in total. The maximum atomic E-state index is 12.5. The van der Waals surface area contributed by atoms with Gasteiger partial charge >= 0.3 is 6.03 Å². The van der Waals surface area contributed by atoms with E-state index >= 15 is 0 Å². The monoisotopic (exact) mass is 393 g/mol. The van der Waals surface area contributed by atoms with Gasteiger partial charge in [-0.15, -0.1) is 0 Å². The van der Waals surface area contributed by atoms with Gasteiger partial charge in [0.15, 0.2) is 0 Å². The molecule has 1 aromatic rings. The second-order valence-electron chi connectivity index (χ2n) is 6.48. The van der Waals surface area contributed by atoms with Crippen molar-refractivity contribution in [3.05, 3.63) is 18.2 Å². The van der Waals surface area contributed by atoms with Crippen molar-refractivity contribution in [2.45, 2.75) is 37.8 Å². The van der Waals surface area contributed by atoms with Gasteiger partial charge in [-0.1, -0.05) is 24.6 Å². The van der Waals surface area contributed by atoms with Gasteiger partial charge in [-0.25, -0.2) is 4.79 Å². The van der Waals surface area contributed by atoms with Gasteiger partial charge in [0, 0.05) is 23.9 Å². The number of hydrogen-bond acceptors (Lipinski definition) is 6. The summed E-state index contributed by atoms with van der Waals surface area (Å²) in [4.78, 5) is 38.0. The minimum Gasteiger partial charge on any atom is -0.497 e.